The van der Waals surface area contributed by atoms with E-state index >= 15 is 0 Å². The summed E-state index contributed by atoms with van der Waals surface area (Å²) >= 11 is 1.85. The molecule has 0 saturated carbocycles. The van der Waals surface area contributed by atoms with Crippen LogP contribution in [0.15, 0.2) is 36.4 Å². The lowest BCUT2D eigenvalue weighted by Crippen LogP contribution is -2.38. The van der Waals surface area contributed by atoms with Crippen LogP contribution in [0.3, 0.4) is 0 Å². The number of hydrogen-bond donors (Lipinski definition) is 1. The van der Waals surface area contributed by atoms with Crippen LogP contribution in [0.2, 0.25) is 0 Å². The highest BCUT2D eigenvalue weighted by Crippen LogP contribution is 2.17. The van der Waals surface area contributed by atoms with Crippen molar-refractivity contribution in [2.45, 2.75) is 38.9 Å². The number of nitrogens with zero attached hydrogens (tertiary/aromatic N) is 1. The third-order valence-electron chi connectivity index (χ3n) is 4.85. The minimum absolute atomic E-state index is 0.628. The molecule has 142 valence electrons. The van der Waals surface area contributed by atoms with Crippen LogP contribution >= 0.6 is 11.3 Å². The molecule has 0 aliphatic carbocycles. The summed E-state index contributed by atoms with van der Waals surface area (Å²) in [4.78, 5) is 5.14. The minimum Gasteiger partial charge on any atom is -0.492 e. The molecule has 0 atom stereocenters. The molecule has 1 aromatic carbocycles. The predicted molar refractivity (Wildman–Crippen MR) is 108 cm³/mol. The van der Waals surface area contributed by atoms with E-state index in [2.05, 4.69) is 54.5 Å². The first-order valence-electron chi connectivity index (χ1n) is 9.46. The summed E-state index contributed by atoms with van der Waals surface area (Å²) in [6.45, 7) is 7.36. The lowest BCUT2D eigenvalue weighted by atomic mass is 10.1. The molecule has 4 nitrogen and oxygen atoms in total. The summed E-state index contributed by atoms with van der Waals surface area (Å²) in [6.07, 6.45) is 2.25. The number of ether oxygens (including phenoxy) is 2. The summed E-state index contributed by atoms with van der Waals surface area (Å²) in [6, 6.07) is 13.4. The predicted octanol–water partition coefficient (Wildman–Crippen LogP) is 3.84. The maximum absolute atomic E-state index is 5.98. The maximum atomic E-state index is 5.98. The van der Waals surface area contributed by atoms with Crippen molar-refractivity contribution in [1.29, 1.82) is 0 Å². The third-order valence-corrected chi connectivity index (χ3v) is 5.85. The van der Waals surface area contributed by atoms with E-state index in [0.29, 0.717) is 6.04 Å². The van der Waals surface area contributed by atoms with Crippen LogP contribution in [0.5, 0.6) is 5.75 Å². The standard InChI is InChI=1S/C21H30N2O2S/c1-17-6-7-21(26-17)16-22-15-18-4-3-5-20(14-18)25-13-10-23(2)19-8-11-24-12-9-19/h3-7,14,19,22H,8-13,15-16H2,1-2H3. The van der Waals surface area contributed by atoms with Crippen LogP contribution in [0.4, 0.5) is 0 Å². The van der Waals surface area contributed by atoms with Crippen molar-refractivity contribution in [2.75, 3.05) is 33.4 Å². The van der Waals surface area contributed by atoms with E-state index in [0.717, 1.165) is 58.0 Å². The molecular formula is C21H30N2O2S. The number of rotatable bonds is 9. The number of thiophene rings is 1. The molecule has 0 radical (unpaired) electrons. The van der Waals surface area contributed by atoms with Gasteiger partial charge in [0.1, 0.15) is 12.4 Å². The average molecular weight is 375 g/mol. The van der Waals surface area contributed by atoms with Gasteiger partial charge in [-0.1, -0.05) is 12.1 Å². The first-order valence-corrected chi connectivity index (χ1v) is 10.3. The summed E-state index contributed by atoms with van der Waals surface area (Å²) in [5.41, 5.74) is 1.26. The second kappa shape index (κ2) is 10.1. The van der Waals surface area contributed by atoms with Gasteiger partial charge in [-0.05, 0) is 56.6 Å². The molecule has 0 amide bonds. The molecule has 2 aromatic rings. The molecule has 26 heavy (non-hydrogen) atoms. The fourth-order valence-corrected chi connectivity index (χ4v) is 4.13. The zero-order valence-electron chi connectivity index (χ0n) is 15.9. The molecule has 0 unspecified atom stereocenters. The molecule has 1 aromatic heterocycles. The summed E-state index contributed by atoms with van der Waals surface area (Å²) in [5, 5.41) is 3.51. The second-order valence-corrected chi connectivity index (χ2v) is 8.31. The zero-order valence-corrected chi connectivity index (χ0v) is 16.7. The molecule has 2 heterocycles. The fourth-order valence-electron chi connectivity index (χ4n) is 3.27. The van der Waals surface area contributed by atoms with Gasteiger partial charge in [0.2, 0.25) is 0 Å². The average Bonchev–Trinajstić information content (AvgIpc) is 3.08. The van der Waals surface area contributed by atoms with E-state index in [-0.39, 0.29) is 0 Å². The van der Waals surface area contributed by atoms with Gasteiger partial charge in [-0.3, -0.25) is 4.90 Å². The molecule has 5 heteroatoms. The Morgan fingerprint density at radius 2 is 2.04 bits per heavy atom. The first-order chi connectivity index (χ1) is 12.7. The van der Waals surface area contributed by atoms with Crippen LogP contribution in [0, 0.1) is 6.92 Å². The van der Waals surface area contributed by atoms with Gasteiger partial charge < -0.3 is 14.8 Å². The largest absolute Gasteiger partial charge is 0.492 e. The number of likely N-dealkylation sites (N-methyl/N-ethyl adjacent to an activating group) is 1. The number of benzene rings is 1. The van der Waals surface area contributed by atoms with E-state index in [1.807, 2.05) is 17.4 Å². The van der Waals surface area contributed by atoms with Gasteiger partial charge in [0.15, 0.2) is 0 Å². The van der Waals surface area contributed by atoms with Gasteiger partial charge >= 0.3 is 0 Å². The Morgan fingerprint density at radius 3 is 2.81 bits per heavy atom. The van der Waals surface area contributed by atoms with Gasteiger partial charge in [-0.2, -0.15) is 0 Å². The van der Waals surface area contributed by atoms with E-state index in [1.165, 1.54) is 15.3 Å². The molecule has 0 spiro atoms. The first kappa shape index (κ1) is 19.4. The van der Waals surface area contributed by atoms with Crippen molar-refractivity contribution in [1.82, 2.24) is 10.2 Å². The molecule has 0 bridgehead atoms. The lowest BCUT2D eigenvalue weighted by molar-refractivity contribution is 0.0392. The Kier molecular flexibility index (Phi) is 7.50. The van der Waals surface area contributed by atoms with Crippen molar-refractivity contribution in [3.8, 4) is 5.75 Å². The van der Waals surface area contributed by atoms with Crippen molar-refractivity contribution < 1.29 is 9.47 Å². The van der Waals surface area contributed by atoms with Crippen molar-refractivity contribution in [2.24, 2.45) is 0 Å². The molecule has 1 N–H and O–H groups in total. The van der Waals surface area contributed by atoms with Crippen LogP contribution in [-0.4, -0.2) is 44.4 Å². The smallest absolute Gasteiger partial charge is 0.119 e. The van der Waals surface area contributed by atoms with E-state index in [1.54, 1.807) is 0 Å². The summed E-state index contributed by atoms with van der Waals surface area (Å²) < 4.78 is 11.4. The fraction of sp³-hybridized carbons (Fsp3) is 0.524. The number of hydrogen-bond acceptors (Lipinski definition) is 5. The maximum Gasteiger partial charge on any atom is 0.119 e. The summed E-state index contributed by atoms with van der Waals surface area (Å²) in [7, 11) is 2.19. The third kappa shape index (κ3) is 6.09. The molecule has 1 aliphatic rings. The topological polar surface area (TPSA) is 33.7 Å². The Labute approximate surface area is 161 Å². The molecule has 1 fully saturated rings. The highest BCUT2D eigenvalue weighted by molar-refractivity contribution is 7.11. The lowest BCUT2D eigenvalue weighted by Gasteiger charge is -2.31. The van der Waals surface area contributed by atoms with E-state index in [4.69, 9.17) is 9.47 Å². The second-order valence-electron chi connectivity index (χ2n) is 6.94. The Hall–Kier alpha value is -1.40. The van der Waals surface area contributed by atoms with Gasteiger partial charge in [0.05, 0.1) is 0 Å². The highest BCUT2D eigenvalue weighted by atomic mass is 32.1. The van der Waals surface area contributed by atoms with Gasteiger partial charge in [-0.15, -0.1) is 11.3 Å². The van der Waals surface area contributed by atoms with Gasteiger partial charge in [0.25, 0.3) is 0 Å². The van der Waals surface area contributed by atoms with Crippen molar-refractivity contribution >= 4 is 11.3 Å². The summed E-state index contributed by atoms with van der Waals surface area (Å²) in [5.74, 6) is 0.955. The number of aryl methyl sites for hydroxylation is 1. The normalized spacial score (nSPS) is 15.5. The Balaban J connectivity index is 1.39. The molecule has 1 aliphatic heterocycles. The van der Waals surface area contributed by atoms with Crippen LogP contribution < -0.4 is 10.1 Å². The van der Waals surface area contributed by atoms with Crippen LogP contribution in [-0.2, 0) is 17.8 Å². The SMILES string of the molecule is Cc1ccc(CNCc2cccc(OCCN(C)C3CCOCC3)c2)s1. The minimum atomic E-state index is 0.628. The quantitative estimate of drug-likeness (QED) is 0.723. The molecule has 3 rings (SSSR count). The molecule has 1 saturated heterocycles. The van der Waals surface area contributed by atoms with Crippen molar-refractivity contribution in [3.05, 3.63) is 51.7 Å². The van der Waals surface area contributed by atoms with Crippen LogP contribution in [0.25, 0.3) is 0 Å². The zero-order chi connectivity index (χ0) is 18.2. The van der Waals surface area contributed by atoms with E-state index < -0.39 is 0 Å². The highest BCUT2D eigenvalue weighted by Gasteiger charge is 2.17. The Morgan fingerprint density at radius 1 is 1.19 bits per heavy atom. The number of nitrogens with one attached hydrogen (secondary N) is 1. The van der Waals surface area contributed by atoms with Gasteiger partial charge in [0, 0.05) is 48.6 Å². The van der Waals surface area contributed by atoms with Gasteiger partial charge in [-0.25, -0.2) is 0 Å². The van der Waals surface area contributed by atoms with Crippen molar-refractivity contribution in [3.63, 3.8) is 0 Å². The van der Waals surface area contributed by atoms with Crippen LogP contribution in [0.1, 0.15) is 28.2 Å². The monoisotopic (exact) mass is 374 g/mol. The molecular weight excluding hydrogens is 344 g/mol. The Bertz CT molecular complexity index is 668. The van der Waals surface area contributed by atoms with E-state index in [9.17, 15) is 0 Å².